The first-order chi connectivity index (χ1) is 11.7. The number of aromatic nitrogens is 1. The normalized spacial score (nSPS) is 15.6. The lowest BCUT2D eigenvalue weighted by atomic mass is 9.90. The molecule has 1 aliphatic heterocycles. The van der Waals surface area contributed by atoms with Gasteiger partial charge in [0, 0.05) is 24.9 Å². The van der Waals surface area contributed by atoms with E-state index in [1.54, 1.807) is 11.8 Å². The van der Waals surface area contributed by atoms with E-state index in [2.05, 4.69) is 35.5 Å². The van der Waals surface area contributed by atoms with Gasteiger partial charge in [-0.05, 0) is 37.7 Å². The van der Waals surface area contributed by atoms with Crippen LogP contribution in [0.2, 0.25) is 0 Å². The molecule has 2 heterocycles. The van der Waals surface area contributed by atoms with Gasteiger partial charge in [-0.2, -0.15) is 0 Å². The summed E-state index contributed by atoms with van der Waals surface area (Å²) < 4.78 is 5.04. The zero-order valence-electron chi connectivity index (χ0n) is 14.1. The number of rotatable bonds is 6. The Morgan fingerprint density at radius 3 is 2.71 bits per heavy atom. The molecular weight excluding hydrogens is 320 g/mol. The van der Waals surface area contributed by atoms with Crippen LogP contribution in [0.3, 0.4) is 0 Å². The van der Waals surface area contributed by atoms with Crippen LogP contribution in [0.5, 0.6) is 0 Å². The second-order valence-corrected chi connectivity index (χ2v) is 7.42. The van der Waals surface area contributed by atoms with E-state index in [1.165, 1.54) is 5.56 Å². The fraction of sp³-hybridized carbons (Fsp3) is 0.474. The van der Waals surface area contributed by atoms with Gasteiger partial charge in [0.15, 0.2) is 0 Å². The average molecular weight is 344 g/mol. The molecule has 5 heteroatoms. The van der Waals surface area contributed by atoms with Crippen molar-refractivity contribution < 1.29 is 9.32 Å². The number of carbonyl (C=O) groups excluding carboxylic acids is 1. The molecule has 1 aromatic carbocycles. The number of aryl methyl sites for hydroxylation is 1. The molecule has 1 aliphatic rings. The van der Waals surface area contributed by atoms with Crippen LogP contribution >= 0.6 is 11.8 Å². The number of piperidine rings is 1. The summed E-state index contributed by atoms with van der Waals surface area (Å²) in [7, 11) is 0. The molecule has 1 saturated heterocycles. The molecule has 1 fully saturated rings. The van der Waals surface area contributed by atoms with E-state index in [0.29, 0.717) is 11.7 Å². The van der Waals surface area contributed by atoms with Crippen molar-refractivity contribution in [3.05, 3.63) is 53.4 Å². The third kappa shape index (κ3) is 4.87. The minimum Gasteiger partial charge on any atom is -0.361 e. The molecule has 3 rings (SSSR count). The number of nitrogens with zero attached hydrogens (tertiary/aromatic N) is 2. The summed E-state index contributed by atoms with van der Waals surface area (Å²) in [5.41, 5.74) is 2.31. The van der Waals surface area contributed by atoms with Crippen molar-refractivity contribution in [2.45, 2.75) is 31.9 Å². The summed E-state index contributed by atoms with van der Waals surface area (Å²) in [5, 5.41) is 3.95. The topological polar surface area (TPSA) is 46.3 Å². The molecule has 0 spiro atoms. The quantitative estimate of drug-likeness (QED) is 0.802. The smallest absolute Gasteiger partial charge is 0.232 e. The Morgan fingerprint density at radius 2 is 2.04 bits per heavy atom. The molecule has 0 bridgehead atoms. The van der Waals surface area contributed by atoms with E-state index in [4.69, 9.17) is 4.52 Å². The highest BCUT2D eigenvalue weighted by Crippen LogP contribution is 2.22. The lowest BCUT2D eigenvalue weighted by Crippen LogP contribution is -2.39. The molecule has 0 atom stereocenters. The predicted octanol–water partition coefficient (Wildman–Crippen LogP) is 3.70. The van der Waals surface area contributed by atoms with Crippen molar-refractivity contribution in [2.24, 2.45) is 5.92 Å². The molecule has 4 nitrogen and oxygen atoms in total. The second kappa shape index (κ2) is 8.38. The van der Waals surface area contributed by atoms with Crippen LogP contribution in [0.25, 0.3) is 0 Å². The fourth-order valence-corrected chi connectivity index (χ4v) is 3.96. The standard InChI is InChI=1S/C19H24N2O2S/c1-15-11-18(20-23-15)13-24-14-19(22)21-9-7-17(8-10-21)12-16-5-3-2-4-6-16/h2-6,11,17H,7-10,12-14H2,1H3. The average Bonchev–Trinajstić information content (AvgIpc) is 3.02. The molecule has 128 valence electrons. The molecule has 0 aliphatic carbocycles. The minimum absolute atomic E-state index is 0.248. The van der Waals surface area contributed by atoms with Crippen molar-refractivity contribution in [2.75, 3.05) is 18.8 Å². The van der Waals surface area contributed by atoms with Crippen molar-refractivity contribution >= 4 is 17.7 Å². The van der Waals surface area contributed by atoms with Gasteiger partial charge < -0.3 is 9.42 Å². The van der Waals surface area contributed by atoms with Crippen LogP contribution < -0.4 is 0 Å². The van der Waals surface area contributed by atoms with Crippen LogP contribution in [-0.4, -0.2) is 34.8 Å². The lowest BCUT2D eigenvalue weighted by Gasteiger charge is -2.32. The Labute approximate surface area is 147 Å². The third-order valence-electron chi connectivity index (χ3n) is 4.49. The van der Waals surface area contributed by atoms with Gasteiger partial charge in [0.25, 0.3) is 0 Å². The first kappa shape index (κ1) is 17.1. The van der Waals surface area contributed by atoms with Gasteiger partial charge in [-0.3, -0.25) is 4.79 Å². The van der Waals surface area contributed by atoms with Crippen LogP contribution in [0.1, 0.15) is 29.9 Å². The van der Waals surface area contributed by atoms with Gasteiger partial charge >= 0.3 is 0 Å². The fourth-order valence-electron chi connectivity index (χ4n) is 3.15. The van der Waals surface area contributed by atoms with E-state index in [-0.39, 0.29) is 5.91 Å². The molecule has 1 amide bonds. The summed E-state index contributed by atoms with van der Waals surface area (Å²) in [5.74, 6) is 3.01. The Kier molecular flexibility index (Phi) is 5.96. The molecule has 2 aromatic rings. The van der Waals surface area contributed by atoms with Gasteiger partial charge in [0.05, 0.1) is 11.4 Å². The zero-order valence-corrected chi connectivity index (χ0v) is 14.9. The van der Waals surface area contributed by atoms with Gasteiger partial charge in [0.1, 0.15) is 5.76 Å². The number of thioether (sulfide) groups is 1. The van der Waals surface area contributed by atoms with E-state index < -0.39 is 0 Å². The van der Waals surface area contributed by atoms with Gasteiger partial charge in [-0.1, -0.05) is 35.5 Å². The van der Waals surface area contributed by atoms with Crippen molar-refractivity contribution in [3.8, 4) is 0 Å². The highest BCUT2D eigenvalue weighted by molar-refractivity contribution is 7.99. The van der Waals surface area contributed by atoms with Crippen molar-refractivity contribution in [1.29, 1.82) is 0 Å². The molecule has 0 unspecified atom stereocenters. The van der Waals surface area contributed by atoms with Crippen molar-refractivity contribution in [3.63, 3.8) is 0 Å². The van der Waals surface area contributed by atoms with Crippen LogP contribution in [0.4, 0.5) is 0 Å². The van der Waals surface area contributed by atoms with Crippen LogP contribution in [0, 0.1) is 12.8 Å². The number of benzene rings is 1. The number of carbonyl (C=O) groups is 1. The summed E-state index contributed by atoms with van der Waals surface area (Å²) in [6.45, 7) is 3.66. The highest BCUT2D eigenvalue weighted by atomic mass is 32.2. The van der Waals surface area contributed by atoms with E-state index in [0.717, 1.165) is 49.6 Å². The largest absolute Gasteiger partial charge is 0.361 e. The maximum atomic E-state index is 12.3. The first-order valence-electron chi connectivity index (χ1n) is 8.52. The number of likely N-dealkylation sites (tertiary alicyclic amines) is 1. The zero-order chi connectivity index (χ0) is 16.8. The molecular formula is C19H24N2O2S. The molecule has 0 N–H and O–H groups in total. The maximum Gasteiger partial charge on any atom is 0.232 e. The summed E-state index contributed by atoms with van der Waals surface area (Å²) in [6.07, 6.45) is 3.34. The minimum atomic E-state index is 0.248. The predicted molar refractivity (Wildman–Crippen MR) is 96.9 cm³/mol. The summed E-state index contributed by atoms with van der Waals surface area (Å²) >= 11 is 1.61. The Morgan fingerprint density at radius 1 is 1.29 bits per heavy atom. The Balaban J connectivity index is 1.37. The first-order valence-corrected chi connectivity index (χ1v) is 9.68. The monoisotopic (exact) mass is 344 g/mol. The number of hydrogen-bond donors (Lipinski definition) is 0. The Bertz CT molecular complexity index is 648. The van der Waals surface area contributed by atoms with E-state index in [1.807, 2.05) is 17.9 Å². The van der Waals surface area contributed by atoms with E-state index >= 15 is 0 Å². The van der Waals surface area contributed by atoms with Gasteiger partial charge in [0.2, 0.25) is 5.91 Å². The van der Waals surface area contributed by atoms with Crippen LogP contribution in [-0.2, 0) is 17.0 Å². The summed E-state index contributed by atoms with van der Waals surface area (Å²) in [6, 6.07) is 12.6. The number of hydrogen-bond acceptors (Lipinski definition) is 4. The highest BCUT2D eigenvalue weighted by Gasteiger charge is 2.22. The third-order valence-corrected chi connectivity index (χ3v) is 5.44. The molecule has 24 heavy (non-hydrogen) atoms. The molecule has 0 saturated carbocycles. The SMILES string of the molecule is Cc1cc(CSCC(=O)N2CCC(Cc3ccccc3)CC2)no1. The lowest BCUT2D eigenvalue weighted by molar-refractivity contribution is -0.129. The van der Waals surface area contributed by atoms with E-state index in [9.17, 15) is 4.79 Å². The van der Waals surface area contributed by atoms with Crippen molar-refractivity contribution in [1.82, 2.24) is 10.1 Å². The Hall–Kier alpha value is -1.75. The second-order valence-electron chi connectivity index (χ2n) is 6.44. The van der Waals surface area contributed by atoms with Gasteiger partial charge in [-0.25, -0.2) is 0 Å². The summed E-state index contributed by atoms with van der Waals surface area (Å²) in [4.78, 5) is 14.3. The molecule has 1 aromatic heterocycles. The maximum absolute atomic E-state index is 12.3. The number of amides is 1. The van der Waals surface area contributed by atoms with Crippen LogP contribution in [0.15, 0.2) is 40.9 Å². The van der Waals surface area contributed by atoms with Gasteiger partial charge in [-0.15, -0.1) is 11.8 Å². The molecule has 0 radical (unpaired) electrons.